The zero-order chi connectivity index (χ0) is 17.1. The Bertz CT molecular complexity index is 822. The number of amides is 1. The Morgan fingerprint density at radius 3 is 2.72 bits per heavy atom. The Kier molecular flexibility index (Phi) is 4.56. The molecular weight excluding hydrogens is 334 g/mol. The summed E-state index contributed by atoms with van der Waals surface area (Å²) in [5.41, 5.74) is 4.46. The molecular formula is C18H19N5OS. The topological polar surface area (TPSA) is 63.9 Å². The van der Waals surface area contributed by atoms with E-state index in [1.807, 2.05) is 39.4 Å². The van der Waals surface area contributed by atoms with Crippen molar-refractivity contribution in [2.45, 2.75) is 25.3 Å². The van der Waals surface area contributed by atoms with Gasteiger partial charge in [-0.1, -0.05) is 35.5 Å². The van der Waals surface area contributed by atoms with Crippen molar-refractivity contribution in [1.29, 1.82) is 0 Å². The van der Waals surface area contributed by atoms with E-state index in [2.05, 4.69) is 27.4 Å². The monoisotopic (exact) mass is 353 g/mol. The van der Waals surface area contributed by atoms with E-state index in [9.17, 15) is 4.79 Å². The van der Waals surface area contributed by atoms with Crippen molar-refractivity contribution < 1.29 is 4.79 Å². The summed E-state index contributed by atoms with van der Waals surface area (Å²) in [7, 11) is 0. The van der Waals surface area contributed by atoms with Crippen LogP contribution in [0.1, 0.15) is 40.6 Å². The maximum atomic E-state index is 12.3. The van der Waals surface area contributed by atoms with Crippen molar-refractivity contribution in [1.82, 2.24) is 24.9 Å². The number of carbonyl (C=O) groups excluding carboxylic acids is 1. The first kappa shape index (κ1) is 16.0. The molecule has 0 spiro atoms. The van der Waals surface area contributed by atoms with Gasteiger partial charge in [-0.3, -0.25) is 4.79 Å². The van der Waals surface area contributed by atoms with Gasteiger partial charge in [0.2, 0.25) is 0 Å². The zero-order valence-corrected chi connectivity index (χ0v) is 14.6. The Hall–Kier alpha value is -2.54. The third-order valence-corrected chi connectivity index (χ3v) is 5.15. The third-order valence-electron chi connectivity index (χ3n) is 4.56. The van der Waals surface area contributed by atoms with Crippen molar-refractivity contribution in [3.05, 3.63) is 64.4 Å². The largest absolute Gasteiger partial charge is 0.337 e. The highest BCUT2D eigenvalue weighted by Gasteiger charge is 2.26. The molecule has 0 N–H and O–H groups in total. The molecule has 128 valence electrons. The SMILES string of the molecule is O=C(c1cscn1)N1CCC(n2cc(Cc3ccccc3)nn2)CC1. The van der Waals surface area contributed by atoms with E-state index in [-0.39, 0.29) is 5.91 Å². The second-order valence-corrected chi connectivity index (χ2v) is 6.97. The lowest BCUT2D eigenvalue weighted by Gasteiger charge is -2.31. The van der Waals surface area contributed by atoms with E-state index in [1.165, 1.54) is 16.9 Å². The van der Waals surface area contributed by atoms with Gasteiger partial charge >= 0.3 is 0 Å². The van der Waals surface area contributed by atoms with Crippen molar-refractivity contribution in [3.63, 3.8) is 0 Å². The third kappa shape index (κ3) is 3.61. The molecule has 1 amide bonds. The summed E-state index contributed by atoms with van der Waals surface area (Å²) >= 11 is 1.45. The van der Waals surface area contributed by atoms with Crippen LogP contribution in [0.4, 0.5) is 0 Å². The Morgan fingerprint density at radius 2 is 2.00 bits per heavy atom. The van der Waals surface area contributed by atoms with Crippen LogP contribution in [0.25, 0.3) is 0 Å². The first-order valence-corrected chi connectivity index (χ1v) is 9.36. The molecule has 0 aliphatic carbocycles. The van der Waals surface area contributed by atoms with E-state index in [0.717, 1.165) is 38.0 Å². The lowest BCUT2D eigenvalue weighted by molar-refractivity contribution is 0.0684. The van der Waals surface area contributed by atoms with Gasteiger partial charge in [0.25, 0.3) is 5.91 Å². The fourth-order valence-corrected chi connectivity index (χ4v) is 3.72. The molecule has 1 aromatic carbocycles. The van der Waals surface area contributed by atoms with Gasteiger partial charge in [-0.15, -0.1) is 16.4 Å². The molecule has 1 saturated heterocycles. The van der Waals surface area contributed by atoms with Crippen LogP contribution < -0.4 is 0 Å². The molecule has 1 aliphatic rings. The number of likely N-dealkylation sites (tertiary alicyclic amines) is 1. The number of carbonyl (C=O) groups is 1. The summed E-state index contributed by atoms with van der Waals surface area (Å²) in [4.78, 5) is 18.3. The van der Waals surface area contributed by atoms with Crippen LogP contribution in [-0.4, -0.2) is 43.9 Å². The van der Waals surface area contributed by atoms with Gasteiger partial charge in [-0.2, -0.15) is 0 Å². The molecule has 25 heavy (non-hydrogen) atoms. The van der Waals surface area contributed by atoms with Crippen LogP contribution in [0, 0.1) is 0 Å². The van der Waals surface area contributed by atoms with Gasteiger partial charge in [0, 0.05) is 31.1 Å². The van der Waals surface area contributed by atoms with Crippen LogP contribution in [-0.2, 0) is 6.42 Å². The van der Waals surface area contributed by atoms with Gasteiger partial charge in [-0.25, -0.2) is 9.67 Å². The van der Waals surface area contributed by atoms with E-state index < -0.39 is 0 Å². The van der Waals surface area contributed by atoms with Gasteiger partial charge in [0.15, 0.2) is 0 Å². The summed E-state index contributed by atoms with van der Waals surface area (Å²) in [5.74, 6) is 0.0306. The van der Waals surface area contributed by atoms with Crippen LogP contribution >= 0.6 is 11.3 Å². The van der Waals surface area contributed by atoms with Gasteiger partial charge < -0.3 is 4.90 Å². The van der Waals surface area contributed by atoms with E-state index in [4.69, 9.17) is 0 Å². The number of rotatable bonds is 4. The molecule has 0 atom stereocenters. The smallest absolute Gasteiger partial charge is 0.273 e. The maximum Gasteiger partial charge on any atom is 0.273 e. The van der Waals surface area contributed by atoms with Crippen molar-refractivity contribution in [2.75, 3.05) is 13.1 Å². The molecule has 1 aliphatic heterocycles. The summed E-state index contributed by atoms with van der Waals surface area (Å²) < 4.78 is 1.96. The van der Waals surface area contributed by atoms with Crippen molar-refractivity contribution in [3.8, 4) is 0 Å². The summed E-state index contributed by atoms with van der Waals surface area (Å²) in [6.45, 7) is 1.46. The first-order valence-electron chi connectivity index (χ1n) is 8.42. The lowest BCUT2D eigenvalue weighted by Crippen LogP contribution is -2.39. The van der Waals surface area contributed by atoms with Crippen LogP contribution in [0.2, 0.25) is 0 Å². The minimum atomic E-state index is 0.0306. The molecule has 0 unspecified atom stereocenters. The standard InChI is InChI=1S/C18H19N5OS/c24-18(17-12-25-13-19-17)22-8-6-16(7-9-22)23-11-15(20-21-23)10-14-4-2-1-3-5-14/h1-5,11-13,16H,6-10H2. The maximum absolute atomic E-state index is 12.3. The van der Waals surface area contributed by atoms with Crippen LogP contribution in [0.15, 0.2) is 47.4 Å². The normalized spacial score (nSPS) is 15.4. The highest BCUT2D eigenvalue weighted by atomic mass is 32.1. The minimum Gasteiger partial charge on any atom is -0.337 e. The predicted octanol–water partition coefficient (Wildman–Crippen LogP) is 2.80. The molecule has 0 radical (unpaired) electrons. The van der Waals surface area contributed by atoms with Crippen molar-refractivity contribution >= 4 is 17.2 Å². The molecule has 6 nitrogen and oxygen atoms in total. The summed E-state index contributed by atoms with van der Waals surface area (Å²) in [5, 5.41) is 10.4. The molecule has 7 heteroatoms. The average Bonchev–Trinajstić information content (AvgIpc) is 3.34. The Labute approximate surface area is 150 Å². The highest BCUT2D eigenvalue weighted by Crippen LogP contribution is 2.23. The zero-order valence-electron chi connectivity index (χ0n) is 13.8. The number of thiazole rings is 1. The second kappa shape index (κ2) is 7.14. The number of hydrogen-bond acceptors (Lipinski definition) is 5. The van der Waals surface area contributed by atoms with E-state index >= 15 is 0 Å². The predicted molar refractivity (Wildman–Crippen MR) is 95.6 cm³/mol. The fraction of sp³-hybridized carbons (Fsp3) is 0.333. The molecule has 3 aromatic rings. The highest BCUT2D eigenvalue weighted by molar-refractivity contribution is 7.07. The summed E-state index contributed by atoms with van der Waals surface area (Å²) in [6, 6.07) is 10.6. The molecule has 0 bridgehead atoms. The van der Waals surface area contributed by atoms with Gasteiger partial charge in [-0.05, 0) is 18.4 Å². The Morgan fingerprint density at radius 1 is 1.20 bits per heavy atom. The van der Waals surface area contributed by atoms with Crippen LogP contribution in [0.3, 0.4) is 0 Å². The van der Waals surface area contributed by atoms with E-state index in [0.29, 0.717) is 11.7 Å². The molecule has 0 saturated carbocycles. The number of piperidine rings is 1. The second-order valence-electron chi connectivity index (χ2n) is 6.25. The number of nitrogens with zero attached hydrogens (tertiary/aromatic N) is 5. The van der Waals surface area contributed by atoms with Crippen molar-refractivity contribution in [2.24, 2.45) is 0 Å². The fourth-order valence-electron chi connectivity index (χ4n) is 3.19. The lowest BCUT2D eigenvalue weighted by atomic mass is 10.0. The number of benzene rings is 1. The molecule has 3 heterocycles. The molecule has 1 fully saturated rings. The van der Waals surface area contributed by atoms with Gasteiger partial charge in [0.05, 0.1) is 17.2 Å². The van der Waals surface area contributed by atoms with Crippen LogP contribution in [0.5, 0.6) is 0 Å². The quantitative estimate of drug-likeness (QED) is 0.723. The molecule has 2 aromatic heterocycles. The average molecular weight is 353 g/mol. The summed E-state index contributed by atoms with van der Waals surface area (Å²) in [6.07, 6.45) is 4.62. The molecule has 4 rings (SSSR count). The van der Waals surface area contributed by atoms with E-state index in [1.54, 1.807) is 5.51 Å². The number of hydrogen-bond donors (Lipinski definition) is 0. The van der Waals surface area contributed by atoms with Gasteiger partial charge in [0.1, 0.15) is 5.69 Å². The Balaban J connectivity index is 1.36. The number of aromatic nitrogens is 4. The minimum absolute atomic E-state index is 0.0306. The first-order chi connectivity index (χ1) is 12.3.